The van der Waals surface area contributed by atoms with Gasteiger partial charge in [0, 0.05) is 35.5 Å². The van der Waals surface area contributed by atoms with E-state index in [0.29, 0.717) is 17.7 Å². The average Bonchev–Trinajstić information content (AvgIpc) is 2.60. The normalized spacial score (nSPS) is 11.6. The van der Waals surface area contributed by atoms with E-state index < -0.39 is 0 Å². The number of carbonyl (C=O) groups is 1. The van der Waals surface area contributed by atoms with Crippen LogP contribution in [0.4, 0.5) is 11.4 Å². The molecule has 2 aromatic rings. The van der Waals surface area contributed by atoms with Crippen molar-refractivity contribution in [1.29, 1.82) is 0 Å². The van der Waals surface area contributed by atoms with E-state index in [2.05, 4.69) is 10.6 Å². The number of nitrogens with zero attached hydrogens (tertiary/aromatic N) is 1. The standard InChI is InChI=1S/C18H21N3O4/c1-12(11-22)20-18(23)14-6-8-16(9-7-14)19-10-15-4-3-5-17(13(15)2)21(24)25/h3-9,12,19,22H,10-11H2,1-2H3,(H,20,23)/t12-/m0/s1. The third-order valence-electron chi connectivity index (χ3n) is 3.90. The van der Waals surface area contributed by atoms with E-state index in [9.17, 15) is 14.9 Å². The van der Waals surface area contributed by atoms with Crippen molar-refractivity contribution in [3.05, 3.63) is 69.3 Å². The Hall–Kier alpha value is -2.93. The molecule has 0 aliphatic rings. The first kappa shape index (κ1) is 18.4. The van der Waals surface area contributed by atoms with Crippen LogP contribution in [0.2, 0.25) is 0 Å². The van der Waals surface area contributed by atoms with Crippen LogP contribution in [-0.4, -0.2) is 28.6 Å². The summed E-state index contributed by atoms with van der Waals surface area (Å²) in [6.07, 6.45) is 0. The minimum atomic E-state index is -0.389. The van der Waals surface area contributed by atoms with Crippen molar-refractivity contribution in [3.63, 3.8) is 0 Å². The maximum Gasteiger partial charge on any atom is 0.272 e. The highest BCUT2D eigenvalue weighted by Crippen LogP contribution is 2.22. The Morgan fingerprint density at radius 3 is 2.52 bits per heavy atom. The van der Waals surface area contributed by atoms with Crippen molar-refractivity contribution in [2.75, 3.05) is 11.9 Å². The smallest absolute Gasteiger partial charge is 0.272 e. The molecule has 0 aliphatic carbocycles. The molecule has 3 N–H and O–H groups in total. The number of rotatable bonds is 7. The van der Waals surface area contributed by atoms with Gasteiger partial charge in [0.1, 0.15) is 0 Å². The van der Waals surface area contributed by atoms with Crippen LogP contribution in [-0.2, 0) is 6.54 Å². The molecule has 0 bridgehead atoms. The maximum absolute atomic E-state index is 11.9. The van der Waals surface area contributed by atoms with Gasteiger partial charge in [-0.05, 0) is 43.7 Å². The van der Waals surface area contributed by atoms with Crippen LogP contribution in [0, 0.1) is 17.0 Å². The van der Waals surface area contributed by atoms with Crippen LogP contribution in [0.25, 0.3) is 0 Å². The first-order valence-corrected chi connectivity index (χ1v) is 7.91. The van der Waals surface area contributed by atoms with Crippen molar-refractivity contribution in [2.45, 2.75) is 26.4 Å². The Bertz CT molecular complexity index is 759. The molecule has 0 radical (unpaired) electrons. The summed E-state index contributed by atoms with van der Waals surface area (Å²) < 4.78 is 0. The molecule has 0 saturated carbocycles. The first-order chi connectivity index (χ1) is 11.9. The monoisotopic (exact) mass is 343 g/mol. The zero-order chi connectivity index (χ0) is 18.4. The van der Waals surface area contributed by atoms with Gasteiger partial charge in [-0.2, -0.15) is 0 Å². The van der Waals surface area contributed by atoms with Gasteiger partial charge in [0.15, 0.2) is 0 Å². The number of anilines is 1. The summed E-state index contributed by atoms with van der Waals surface area (Å²) in [6.45, 7) is 3.77. The molecule has 25 heavy (non-hydrogen) atoms. The summed E-state index contributed by atoms with van der Waals surface area (Å²) in [5.41, 5.74) is 2.88. The molecule has 0 aliphatic heterocycles. The predicted molar refractivity (Wildman–Crippen MR) is 95.6 cm³/mol. The van der Waals surface area contributed by atoms with Gasteiger partial charge in [-0.25, -0.2) is 0 Å². The lowest BCUT2D eigenvalue weighted by Gasteiger charge is -2.12. The van der Waals surface area contributed by atoms with Gasteiger partial charge < -0.3 is 15.7 Å². The second-order valence-electron chi connectivity index (χ2n) is 5.81. The quantitative estimate of drug-likeness (QED) is 0.529. The third kappa shape index (κ3) is 4.77. The van der Waals surface area contributed by atoms with Crippen molar-refractivity contribution in [2.24, 2.45) is 0 Å². The third-order valence-corrected chi connectivity index (χ3v) is 3.90. The second-order valence-corrected chi connectivity index (χ2v) is 5.81. The van der Waals surface area contributed by atoms with E-state index in [-0.39, 0.29) is 29.2 Å². The summed E-state index contributed by atoms with van der Waals surface area (Å²) >= 11 is 0. The Labute approximate surface area is 145 Å². The molecule has 0 saturated heterocycles. The first-order valence-electron chi connectivity index (χ1n) is 7.91. The highest BCUT2D eigenvalue weighted by Gasteiger charge is 2.13. The molecule has 132 valence electrons. The van der Waals surface area contributed by atoms with Crippen LogP contribution >= 0.6 is 0 Å². The number of amides is 1. The summed E-state index contributed by atoms with van der Waals surface area (Å²) in [4.78, 5) is 22.5. The second kappa shape index (κ2) is 8.25. The van der Waals surface area contributed by atoms with Crippen molar-refractivity contribution < 1.29 is 14.8 Å². The maximum atomic E-state index is 11.9. The topological polar surface area (TPSA) is 104 Å². The molecular weight excluding hydrogens is 322 g/mol. The number of hydrogen-bond acceptors (Lipinski definition) is 5. The Morgan fingerprint density at radius 2 is 1.92 bits per heavy atom. The Morgan fingerprint density at radius 1 is 1.24 bits per heavy atom. The molecule has 0 fully saturated rings. The fraction of sp³-hybridized carbons (Fsp3) is 0.278. The Balaban J connectivity index is 2.02. The molecule has 0 spiro atoms. The molecule has 0 aromatic heterocycles. The largest absolute Gasteiger partial charge is 0.394 e. The predicted octanol–water partition coefficient (Wildman–Crippen LogP) is 2.63. The molecule has 7 nitrogen and oxygen atoms in total. The number of benzene rings is 2. The van der Waals surface area contributed by atoms with Gasteiger partial charge in [0.05, 0.1) is 11.5 Å². The molecule has 1 amide bonds. The molecule has 0 heterocycles. The van der Waals surface area contributed by atoms with E-state index in [4.69, 9.17) is 5.11 Å². The fourth-order valence-electron chi connectivity index (χ4n) is 2.35. The van der Waals surface area contributed by atoms with Crippen molar-refractivity contribution >= 4 is 17.3 Å². The highest BCUT2D eigenvalue weighted by atomic mass is 16.6. The molecule has 2 aromatic carbocycles. The Kier molecular flexibility index (Phi) is 6.08. The minimum absolute atomic E-state index is 0.101. The van der Waals surface area contributed by atoms with Crippen molar-refractivity contribution in [3.8, 4) is 0 Å². The molecule has 0 unspecified atom stereocenters. The molecular formula is C18H21N3O4. The highest BCUT2D eigenvalue weighted by molar-refractivity contribution is 5.94. The van der Waals surface area contributed by atoms with Gasteiger partial charge >= 0.3 is 0 Å². The number of carbonyl (C=O) groups excluding carboxylic acids is 1. The fourth-order valence-corrected chi connectivity index (χ4v) is 2.35. The molecule has 2 rings (SSSR count). The van der Waals surface area contributed by atoms with Gasteiger partial charge in [-0.1, -0.05) is 12.1 Å². The van der Waals surface area contributed by atoms with Crippen LogP contribution in [0.3, 0.4) is 0 Å². The summed E-state index contributed by atoms with van der Waals surface area (Å²) in [5, 5.41) is 25.8. The van der Waals surface area contributed by atoms with Crippen LogP contribution in [0.1, 0.15) is 28.4 Å². The van der Waals surface area contributed by atoms with Crippen LogP contribution in [0.5, 0.6) is 0 Å². The summed E-state index contributed by atoms with van der Waals surface area (Å²) in [7, 11) is 0. The lowest BCUT2D eigenvalue weighted by Crippen LogP contribution is -2.34. The van der Waals surface area contributed by atoms with Crippen LogP contribution in [0.15, 0.2) is 42.5 Å². The van der Waals surface area contributed by atoms with Gasteiger partial charge in [0.25, 0.3) is 11.6 Å². The van der Waals surface area contributed by atoms with E-state index >= 15 is 0 Å². The van der Waals surface area contributed by atoms with Crippen LogP contribution < -0.4 is 10.6 Å². The van der Waals surface area contributed by atoms with Gasteiger partial charge in [-0.3, -0.25) is 14.9 Å². The lowest BCUT2D eigenvalue weighted by atomic mass is 10.1. The molecule has 7 heteroatoms. The van der Waals surface area contributed by atoms with E-state index in [0.717, 1.165) is 11.3 Å². The van der Waals surface area contributed by atoms with Gasteiger partial charge in [-0.15, -0.1) is 0 Å². The molecule has 1 atom stereocenters. The number of nitrogens with one attached hydrogen (secondary N) is 2. The SMILES string of the molecule is Cc1c(CNc2ccc(C(=O)N[C@@H](C)CO)cc2)cccc1[N+](=O)[O-]. The number of aliphatic hydroxyl groups is 1. The zero-order valence-electron chi connectivity index (χ0n) is 14.2. The number of hydrogen-bond donors (Lipinski definition) is 3. The van der Waals surface area contributed by atoms with E-state index in [1.54, 1.807) is 44.2 Å². The minimum Gasteiger partial charge on any atom is -0.394 e. The number of nitro groups is 1. The van der Waals surface area contributed by atoms with E-state index in [1.165, 1.54) is 6.07 Å². The zero-order valence-corrected chi connectivity index (χ0v) is 14.2. The number of aliphatic hydroxyl groups excluding tert-OH is 1. The van der Waals surface area contributed by atoms with Gasteiger partial charge in [0.2, 0.25) is 0 Å². The van der Waals surface area contributed by atoms with Crippen molar-refractivity contribution in [1.82, 2.24) is 5.32 Å². The summed E-state index contributed by atoms with van der Waals surface area (Å²) in [5.74, 6) is -0.248. The van der Waals surface area contributed by atoms with E-state index in [1.807, 2.05) is 6.07 Å². The average molecular weight is 343 g/mol. The number of nitro benzene ring substituents is 1. The lowest BCUT2D eigenvalue weighted by molar-refractivity contribution is -0.385. The summed E-state index contributed by atoms with van der Waals surface area (Å²) in [6, 6.07) is 11.6.